The van der Waals surface area contributed by atoms with Crippen LogP contribution in [0.25, 0.3) is 11.1 Å². The summed E-state index contributed by atoms with van der Waals surface area (Å²) in [5, 5.41) is 0. The summed E-state index contributed by atoms with van der Waals surface area (Å²) in [4.78, 5) is 2.40. The smallest absolute Gasteiger partial charge is 0.152 e. The van der Waals surface area contributed by atoms with Gasteiger partial charge in [-0.3, -0.25) is 0 Å². The van der Waals surface area contributed by atoms with Crippen molar-refractivity contribution in [2.24, 2.45) is 0 Å². The third-order valence-electron chi connectivity index (χ3n) is 4.56. The highest BCUT2D eigenvalue weighted by Crippen LogP contribution is 2.52. The van der Waals surface area contributed by atoms with E-state index in [0.717, 1.165) is 51.2 Å². The minimum Gasteiger partial charge on any atom is -0.453 e. The summed E-state index contributed by atoms with van der Waals surface area (Å²) in [6.45, 7) is 3.19. The molecule has 4 rings (SSSR count). The predicted molar refractivity (Wildman–Crippen MR) is 116 cm³/mol. The molecule has 4 heteroatoms. The van der Waals surface area contributed by atoms with Gasteiger partial charge in [0.15, 0.2) is 11.5 Å². The van der Waals surface area contributed by atoms with Crippen molar-refractivity contribution in [2.75, 3.05) is 11.4 Å². The van der Waals surface area contributed by atoms with Crippen molar-refractivity contribution >= 4 is 43.2 Å². The lowest BCUT2D eigenvalue weighted by molar-refractivity contribution is 0.472. The molecule has 132 valence electrons. The quantitative estimate of drug-likeness (QED) is 0.382. The summed E-state index contributed by atoms with van der Waals surface area (Å²) >= 11 is 7.22. The Labute approximate surface area is 171 Å². The first-order valence-electron chi connectivity index (χ1n) is 8.81. The Hall–Kier alpha value is -1.78. The van der Waals surface area contributed by atoms with Gasteiger partial charge in [-0.25, -0.2) is 0 Å². The van der Waals surface area contributed by atoms with Gasteiger partial charge in [-0.15, -0.1) is 0 Å². The molecular formula is C22H19Br2NO. The monoisotopic (exact) mass is 471 g/mol. The van der Waals surface area contributed by atoms with E-state index in [1.165, 1.54) is 11.1 Å². The maximum atomic E-state index is 6.31. The molecule has 1 heterocycles. The van der Waals surface area contributed by atoms with Crippen LogP contribution in [0, 0.1) is 0 Å². The number of unbranched alkanes of at least 4 members (excludes halogenated alkanes) is 1. The lowest BCUT2D eigenvalue weighted by Crippen LogP contribution is -2.23. The molecule has 0 amide bonds. The molecule has 0 bridgehead atoms. The summed E-state index contributed by atoms with van der Waals surface area (Å²) < 4.78 is 8.35. The first-order chi connectivity index (χ1) is 12.7. The van der Waals surface area contributed by atoms with E-state index in [1.54, 1.807) is 0 Å². The van der Waals surface area contributed by atoms with Crippen LogP contribution in [0.1, 0.15) is 19.8 Å². The van der Waals surface area contributed by atoms with Gasteiger partial charge in [0, 0.05) is 21.1 Å². The fourth-order valence-corrected chi connectivity index (χ4v) is 4.13. The van der Waals surface area contributed by atoms with Gasteiger partial charge in [0.25, 0.3) is 0 Å². The standard InChI is InChI=1S/C22H19Br2NO/c1-2-3-11-25-19-10-9-16(23)13-20(19)26-21-14-17(24)12-18(22(21)25)15-7-5-4-6-8-15/h4-10,12-14H,2-3,11H2,1H3. The Bertz CT molecular complexity index is 940. The SMILES string of the molecule is CCCCN1c2ccc(Br)cc2Oc2cc(Br)cc(-c3ccccc3)c21. The number of benzene rings is 3. The molecule has 0 saturated heterocycles. The lowest BCUT2D eigenvalue weighted by Gasteiger charge is -2.35. The van der Waals surface area contributed by atoms with Gasteiger partial charge in [0.2, 0.25) is 0 Å². The first kappa shape index (κ1) is 17.6. The highest BCUT2D eigenvalue weighted by atomic mass is 79.9. The first-order valence-corrected chi connectivity index (χ1v) is 10.4. The molecule has 1 aliphatic heterocycles. The summed E-state index contributed by atoms with van der Waals surface area (Å²) in [6.07, 6.45) is 2.27. The minimum absolute atomic E-state index is 0.889. The molecule has 0 aliphatic carbocycles. The fourth-order valence-electron chi connectivity index (χ4n) is 3.35. The molecule has 0 saturated carbocycles. The van der Waals surface area contributed by atoms with Crippen LogP contribution in [-0.4, -0.2) is 6.54 Å². The summed E-state index contributed by atoms with van der Waals surface area (Å²) in [7, 11) is 0. The van der Waals surface area contributed by atoms with Crippen LogP contribution in [0.3, 0.4) is 0 Å². The molecule has 0 N–H and O–H groups in total. The number of hydrogen-bond acceptors (Lipinski definition) is 2. The van der Waals surface area contributed by atoms with E-state index < -0.39 is 0 Å². The van der Waals surface area contributed by atoms with Gasteiger partial charge in [0.1, 0.15) is 0 Å². The van der Waals surface area contributed by atoms with Crippen LogP contribution >= 0.6 is 31.9 Å². The van der Waals surface area contributed by atoms with Crippen LogP contribution in [0.4, 0.5) is 11.4 Å². The highest BCUT2D eigenvalue weighted by Gasteiger charge is 2.28. The molecule has 0 fully saturated rings. The molecule has 0 aromatic heterocycles. The second kappa shape index (κ2) is 7.45. The zero-order chi connectivity index (χ0) is 18.1. The average molecular weight is 473 g/mol. The van der Waals surface area contributed by atoms with Crippen LogP contribution in [-0.2, 0) is 0 Å². The topological polar surface area (TPSA) is 12.5 Å². The van der Waals surface area contributed by atoms with Gasteiger partial charge in [-0.2, -0.15) is 0 Å². The Morgan fingerprint density at radius 3 is 2.42 bits per heavy atom. The van der Waals surface area contributed by atoms with E-state index in [2.05, 4.69) is 92.2 Å². The normalized spacial score (nSPS) is 12.3. The third kappa shape index (κ3) is 3.28. The molecule has 0 atom stereocenters. The Morgan fingerprint density at radius 2 is 1.65 bits per heavy atom. The number of halogens is 2. The van der Waals surface area contributed by atoms with Crippen molar-refractivity contribution in [3.05, 3.63) is 69.6 Å². The average Bonchev–Trinajstić information content (AvgIpc) is 2.65. The van der Waals surface area contributed by atoms with Gasteiger partial charge in [0.05, 0.1) is 11.4 Å². The molecule has 1 aliphatic rings. The Morgan fingerprint density at radius 1 is 0.885 bits per heavy atom. The molecule has 0 radical (unpaired) electrons. The van der Waals surface area contributed by atoms with Crippen molar-refractivity contribution in [3.8, 4) is 22.6 Å². The predicted octanol–water partition coefficient (Wildman–Crippen LogP) is 7.92. The van der Waals surface area contributed by atoms with Gasteiger partial charge >= 0.3 is 0 Å². The summed E-state index contributed by atoms with van der Waals surface area (Å²) in [5.41, 5.74) is 4.63. The molecular weight excluding hydrogens is 454 g/mol. The largest absolute Gasteiger partial charge is 0.453 e. The molecule has 3 aromatic carbocycles. The van der Waals surface area contributed by atoms with Crippen molar-refractivity contribution in [1.29, 1.82) is 0 Å². The van der Waals surface area contributed by atoms with Crippen LogP contribution < -0.4 is 9.64 Å². The van der Waals surface area contributed by atoms with Crippen LogP contribution in [0.5, 0.6) is 11.5 Å². The number of hydrogen-bond donors (Lipinski definition) is 0. The van der Waals surface area contributed by atoms with Gasteiger partial charge in [-0.1, -0.05) is 75.5 Å². The Kier molecular flexibility index (Phi) is 5.05. The van der Waals surface area contributed by atoms with Crippen molar-refractivity contribution < 1.29 is 4.74 Å². The van der Waals surface area contributed by atoms with E-state index in [-0.39, 0.29) is 0 Å². The zero-order valence-electron chi connectivity index (χ0n) is 14.5. The van der Waals surface area contributed by atoms with E-state index in [0.29, 0.717) is 0 Å². The summed E-state index contributed by atoms with van der Waals surface area (Å²) in [6, 6.07) is 21.0. The summed E-state index contributed by atoms with van der Waals surface area (Å²) in [5.74, 6) is 1.78. The van der Waals surface area contributed by atoms with E-state index in [4.69, 9.17) is 4.74 Å². The number of anilines is 2. The zero-order valence-corrected chi connectivity index (χ0v) is 17.7. The van der Waals surface area contributed by atoms with E-state index >= 15 is 0 Å². The molecule has 0 spiro atoms. The minimum atomic E-state index is 0.889. The maximum Gasteiger partial charge on any atom is 0.152 e. The molecule has 26 heavy (non-hydrogen) atoms. The second-order valence-electron chi connectivity index (χ2n) is 6.39. The number of ether oxygens (including phenoxy) is 1. The number of fused-ring (bicyclic) bond motifs is 2. The second-order valence-corrected chi connectivity index (χ2v) is 8.22. The van der Waals surface area contributed by atoms with Gasteiger partial charge in [-0.05, 0) is 42.3 Å². The molecule has 0 unspecified atom stereocenters. The van der Waals surface area contributed by atoms with E-state index in [1.807, 2.05) is 12.1 Å². The lowest BCUT2D eigenvalue weighted by atomic mass is 10.00. The molecule has 3 aromatic rings. The van der Waals surface area contributed by atoms with Crippen LogP contribution in [0.2, 0.25) is 0 Å². The van der Waals surface area contributed by atoms with Gasteiger partial charge < -0.3 is 9.64 Å². The fraction of sp³-hybridized carbons (Fsp3) is 0.182. The van der Waals surface area contributed by atoms with Crippen molar-refractivity contribution in [1.82, 2.24) is 0 Å². The number of nitrogens with zero attached hydrogens (tertiary/aromatic N) is 1. The van der Waals surface area contributed by atoms with E-state index in [9.17, 15) is 0 Å². The van der Waals surface area contributed by atoms with Crippen molar-refractivity contribution in [3.63, 3.8) is 0 Å². The Balaban J connectivity index is 1.93. The maximum absolute atomic E-state index is 6.31. The number of rotatable bonds is 4. The highest BCUT2D eigenvalue weighted by molar-refractivity contribution is 9.10. The van der Waals surface area contributed by atoms with Crippen molar-refractivity contribution in [2.45, 2.75) is 19.8 Å². The van der Waals surface area contributed by atoms with Crippen LogP contribution in [0.15, 0.2) is 69.6 Å². The third-order valence-corrected chi connectivity index (χ3v) is 5.51. The molecule has 2 nitrogen and oxygen atoms in total.